The Labute approximate surface area is 94.5 Å². The molecule has 2 N–H and O–H groups in total. The van der Waals surface area contributed by atoms with E-state index in [1.54, 1.807) is 0 Å². The SMILES string of the molecule is CCC1CCC(NC(C)C(C)(C)O)C1C. The summed E-state index contributed by atoms with van der Waals surface area (Å²) in [5.74, 6) is 1.62. The van der Waals surface area contributed by atoms with Crippen molar-refractivity contribution in [2.45, 2.75) is 71.6 Å². The van der Waals surface area contributed by atoms with E-state index in [0.29, 0.717) is 6.04 Å². The van der Waals surface area contributed by atoms with E-state index in [2.05, 4.69) is 26.1 Å². The molecule has 0 heterocycles. The third-order valence-corrected chi connectivity index (χ3v) is 4.27. The number of aliphatic hydroxyl groups is 1. The minimum Gasteiger partial charge on any atom is -0.389 e. The molecule has 2 nitrogen and oxygen atoms in total. The van der Waals surface area contributed by atoms with Crippen LogP contribution in [0.15, 0.2) is 0 Å². The van der Waals surface area contributed by atoms with Crippen LogP contribution < -0.4 is 5.32 Å². The van der Waals surface area contributed by atoms with Gasteiger partial charge in [-0.15, -0.1) is 0 Å². The van der Waals surface area contributed by atoms with Crippen molar-refractivity contribution in [3.05, 3.63) is 0 Å². The van der Waals surface area contributed by atoms with Gasteiger partial charge in [-0.25, -0.2) is 0 Å². The molecule has 0 aromatic carbocycles. The largest absolute Gasteiger partial charge is 0.389 e. The fraction of sp³-hybridized carbons (Fsp3) is 1.00. The van der Waals surface area contributed by atoms with Gasteiger partial charge in [0.05, 0.1) is 5.60 Å². The lowest BCUT2D eigenvalue weighted by atomic mass is 9.92. The molecule has 1 rings (SSSR count). The van der Waals surface area contributed by atoms with Crippen LogP contribution in [-0.4, -0.2) is 22.8 Å². The van der Waals surface area contributed by atoms with E-state index in [-0.39, 0.29) is 6.04 Å². The average Bonchev–Trinajstić information content (AvgIpc) is 2.46. The molecule has 0 radical (unpaired) electrons. The van der Waals surface area contributed by atoms with Crippen molar-refractivity contribution in [2.75, 3.05) is 0 Å². The van der Waals surface area contributed by atoms with Gasteiger partial charge in [-0.05, 0) is 45.4 Å². The van der Waals surface area contributed by atoms with Gasteiger partial charge in [-0.3, -0.25) is 0 Å². The highest BCUT2D eigenvalue weighted by atomic mass is 16.3. The smallest absolute Gasteiger partial charge is 0.0741 e. The lowest BCUT2D eigenvalue weighted by molar-refractivity contribution is 0.0375. The predicted octanol–water partition coefficient (Wildman–Crippen LogP) is 2.56. The Balaban J connectivity index is 2.47. The highest BCUT2D eigenvalue weighted by Gasteiger charge is 2.34. The summed E-state index contributed by atoms with van der Waals surface area (Å²) in [6, 6.07) is 0.761. The first-order valence-corrected chi connectivity index (χ1v) is 6.34. The molecule has 4 atom stereocenters. The molecule has 1 aliphatic carbocycles. The van der Waals surface area contributed by atoms with E-state index in [1.807, 2.05) is 13.8 Å². The molecule has 0 aliphatic heterocycles. The molecule has 1 fully saturated rings. The third-order valence-electron chi connectivity index (χ3n) is 4.27. The summed E-state index contributed by atoms with van der Waals surface area (Å²) in [6.07, 6.45) is 3.89. The van der Waals surface area contributed by atoms with Crippen molar-refractivity contribution in [2.24, 2.45) is 11.8 Å². The van der Waals surface area contributed by atoms with Crippen LogP contribution in [0, 0.1) is 11.8 Å². The molecular formula is C13H27NO. The second-order valence-corrected chi connectivity index (χ2v) is 5.75. The minimum absolute atomic E-state index is 0.167. The molecule has 4 unspecified atom stereocenters. The number of nitrogens with one attached hydrogen (secondary N) is 1. The molecule has 1 aliphatic rings. The van der Waals surface area contributed by atoms with E-state index in [9.17, 15) is 5.11 Å². The summed E-state index contributed by atoms with van der Waals surface area (Å²) in [4.78, 5) is 0. The van der Waals surface area contributed by atoms with Gasteiger partial charge in [0.15, 0.2) is 0 Å². The van der Waals surface area contributed by atoms with Gasteiger partial charge in [-0.2, -0.15) is 0 Å². The number of rotatable bonds is 4. The second kappa shape index (κ2) is 4.84. The van der Waals surface area contributed by atoms with Crippen LogP contribution in [0.1, 0.15) is 53.9 Å². The van der Waals surface area contributed by atoms with Crippen molar-refractivity contribution in [1.29, 1.82) is 0 Å². The first-order valence-electron chi connectivity index (χ1n) is 6.34. The van der Waals surface area contributed by atoms with E-state index >= 15 is 0 Å². The summed E-state index contributed by atoms with van der Waals surface area (Å²) in [5, 5.41) is 13.5. The quantitative estimate of drug-likeness (QED) is 0.752. The molecule has 2 heteroatoms. The van der Waals surface area contributed by atoms with Gasteiger partial charge < -0.3 is 10.4 Å². The maximum absolute atomic E-state index is 9.89. The van der Waals surface area contributed by atoms with Gasteiger partial charge in [0.1, 0.15) is 0 Å². The van der Waals surface area contributed by atoms with Gasteiger partial charge in [0.2, 0.25) is 0 Å². The van der Waals surface area contributed by atoms with Gasteiger partial charge in [0, 0.05) is 12.1 Å². The van der Waals surface area contributed by atoms with E-state index in [1.165, 1.54) is 19.3 Å². The average molecular weight is 213 g/mol. The molecule has 1 saturated carbocycles. The van der Waals surface area contributed by atoms with Crippen LogP contribution in [-0.2, 0) is 0 Å². The summed E-state index contributed by atoms with van der Waals surface area (Å²) < 4.78 is 0. The first kappa shape index (κ1) is 13.0. The van der Waals surface area contributed by atoms with Crippen molar-refractivity contribution in [3.8, 4) is 0 Å². The standard InChI is InChI=1S/C13H27NO/c1-6-11-7-8-12(9(11)2)14-10(3)13(4,5)15/h9-12,14-15H,6-8H2,1-5H3. The van der Waals surface area contributed by atoms with Crippen LogP contribution in [0.2, 0.25) is 0 Å². The fourth-order valence-corrected chi connectivity index (χ4v) is 2.58. The minimum atomic E-state index is -0.621. The van der Waals surface area contributed by atoms with E-state index < -0.39 is 5.60 Å². The molecule has 0 amide bonds. The zero-order chi connectivity index (χ0) is 11.6. The van der Waals surface area contributed by atoms with E-state index in [0.717, 1.165) is 11.8 Å². The number of hydrogen-bond donors (Lipinski definition) is 2. The molecule has 0 saturated heterocycles. The lowest BCUT2D eigenvalue weighted by Gasteiger charge is -2.32. The van der Waals surface area contributed by atoms with Crippen LogP contribution in [0.25, 0.3) is 0 Å². The van der Waals surface area contributed by atoms with Crippen LogP contribution >= 0.6 is 0 Å². The highest BCUT2D eigenvalue weighted by Crippen LogP contribution is 2.34. The Hall–Kier alpha value is -0.0800. The fourth-order valence-electron chi connectivity index (χ4n) is 2.58. The van der Waals surface area contributed by atoms with E-state index in [4.69, 9.17) is 0 Å². The number of hydrogen-bond acceptors (Lipinski definition) is 2. The van der Waals surface area contributed by atoms with Crippen molar-refractivity contribution in [3.63, 3.8) is 0 Å². The summed E-state index contributed by atoms with van der Waals surface area (Å²) >= 11 is 0. The van der Waals surface area contributed by atoms with Crippen LogP contribution in [0.5, 0.6) is 0 Å². The molecule has 15 heavy (non-hydrogen) atoms. The van der Waals surface area contributed by atoms with Crippen molar-refractivity contribution >= 4 is 0 Å². The van der Waals surface area contributed by atoms with Crippen molar-refractivity contribution in [1.82, 2.24) is 5.32 Å². The van der Waals surface area contributed by atoms with Gasteiger partial charge in [0.25, 0.3) is 0 Å². The topological polar surface area (TPSA) is 32.3 Å². The Morgan fingerprint density at radius 1 is 1.40 bits per heavy atom. The van der Waals surface area contributed by atoms with Gasteiger partial charge in [-0.1, -0.05) is 20.3 Å². The molecular weight excluding hydrogens is 186 g/mol. The lowest BCUT2D eigenvalue weighted by Crippen LogP contribution is -2.49. The maximum atomic E-state index is 9.89. The maximum Gasteiger partial charge on any atom is 0.0741 e. The predicted molar refractivity (Wildman–Crippen MR) is 64.9 cm³/mol. The summed E-state index contributed by atoms with van der Waals surface area (Å²) in [5.41, 5.74) is -0.621. The zero-order valence-electron chi connectivity index (χ0n) is 10.9. The molecule has 0 aromatic heterocycles. The summed E-state index contributed by atoms with van der Waals surface area (Å²) in [6.45, 7) is 10.5. The zero-order valence-corrected chi connectivity index (χ0v) is 10.9. The monoisotopic (exact) mass is 213 g/mol. The Morgan fingerprint density at radius 2 is 2.00 bits per heavy atom. The molecule has 0 aromatic rings. The first-order chi connectivity index (χ1) is 6.86. The third kappa shape index (κ3) is 3.18. The molecule has 90 valence electrons. The molecule has 0 bridgehead atoms. The normalized spacial score (nSPS) is 34.4. The Morgan fingerprint density at radius 3 is 2.40 bits per heavy atom. The van der Waals surface area contributed by atoms with Gasteiger partial charge >= 0.3 is 0 Å². The Kier molecular flexibility index (Phi) is 4.19. The van der Waals surface area contributed by atoms with Crippen molar-refractivity contribution < 1.29 is 5.11 Å². The van der Waals surface area contributed by atoms with Crippen LogP contribution in [0.3, 0.4) is 0 Å². The molecule has 0 spiro atoms. The Bertz CT molecular complexity index is 197. The second-order valence-electron chi connectivity index (χ2n) is 5.75. The van der Waals surface area contributed by atoms with Crippen LogP contribution in [0.4, 0.5) is 0 Å². The highest BCUT2D eigenvalue weighted by molar-refractivity contribution is 4.91. The summed E-state index contributed by atoms with van der Waals surface area (Å²) in [7, 11) is 0.